The smallest absolute Gasteiger partial charge is 0.233 e. The number of fused-ring (bicyclic) bond motifs is 1. The van der Waals surface area contributed by atoms with Gasteiger partial charge in [-0.1, -0.05) is 66.4 Å². The summed E-state index contributed by atoms with van der Waals surface area (Å²) in [6, 6.07) is 18.1. The monoisotopic (exact) mass is 337 g/mol. The second-order valence-corrected chi connectivity index (χ2v) is 6.75. The number of amides is 1. The third-order valence-corrected chi connectivity index (χ3v) is 4.80. The summed E-state index contributed by atoms with van der Waals surface area (Å²) in [6.07, 6.45) is 0. The van der Waals surface area contributed by atoms with Gasteiger partial charge in [0.1, 0.15) is 10.7 Å². The van der Waals surface area contributed by atoms with Crippen LogP contribution < -0.4 is 5.32 Å². The molecule has 122 valence electrons. The van der Waals surface area contributed by atoms with Crippen molar-refractivity contribution in [2.24, 2.45) is 0 Å². The zero-order chi connectivity index (χ0) is 16.9. The van der Waals surface area contributed by atoms with E-state index in [1.165, 1.54) is 11.8 Å². The Bertz CT molecular complexity index is 852. The molecule has 0 radical (unpaired) electrons. The van der Waals surface area contributed by atoms with Crippen molar-refractivity contribution in [3.05, 3.63) is 54.6 Å². The highest BCUT2D eigenvalue weighted by molar-refractivity contribution is 8.00. The fourth-order valence-corrected chi connectivity index (χ4v) is 3.43. The largest absolute Gasteiger partial charge is 0.355 e. The van der Waals surface area contributed by atoms with Crippen LogP contribution in [0, 0.1) is 0 Å². The first-order valence-electron chi connectivity index (χ1n) is 7.96. The third-order valence-electron chi connectivity index (χ3n) is 3.71. The molecule has 0 spiro atoms. The molecule has 1 amide bonds. The molecule has 1 aromatic heterocycles. The number of aromatic nitrogens is 2. The van der Waals surface area contributed by atoms with Crippen molar-refractivity contribution in [3.63, 3.8) is 0 Å². The SMILES string of the molecule is CCNC(=O)[C@@H](C)Sc1nnc(-c2ccccc2)c2ccccc12. The van der Waals surface area contributed by atoms with Crippen molar-refractivity contribution in [2.45, 2.75) is 24.1 Å². The topological polar surface area (TPSA) is 54.9 Å². The molecule has 0 fully saturated rings. The van der Waals surface area contributed by atoms with Gasteiger partial charge in [-0.05, 0) is 13.8 Å². The molecular formula is C19H19N3OS. The van der Waals surface area contributed by atoms with Crippen LogP contribution >= 0.6 is 11.8 Å². The molecule has 24 heavy (non-hydrogen) atoms. The second-order valence-electron chi connectivity index (χ2n) is 5.42. The van der Waals surface area contributed by atoms with Crippen molar-refractivity contribution >= 4 is 28.4 Å². The van der Waals surface area contributed by atoms with E-state index in [0.29, 0.717) is 6.54 Å². The second kappa shape index (κ2) is 7.45. The summed E-state index contributed by atoms with van der Waals surface area (Å²) in [4.78, 5) is 12.0. The first-order chi connectivity index (χ1) is 11.7. The van der Waals surface area contributed by atoms with E-state index in [9.17, 15) is 4.79 Å². The molecule has 5 heteroatoms. The number of nitrogens with one attached hydrogen (secondary N) is 1. The maximum absolute atomic E-state index is 12.0. The van der Waals surface area contributed by atoms with Crippen molar-refractivity contribution in [1.82, 2.24) is 15.5 Å². The number of hydrogen-bond acceptors (Lipinski definition) is 4. The predicted molar refractivity (Wildman–Crippen MR) is 99.0 cm³/mol. The Morgan fingerprint density at radius 2 is 1.71 bits per heavy atom. The minimum absolute atomic E-state index is 0.0144. The summed E-state index contributed by atoms with van der Waals surface area (Å²) < 4.78 is 0. The molecule has 0 bridgehead atoms. The Labute approximate surface area is 145 Å². The highest BCUT2D eigenvalue weighted by Crippen LogP contribution is 2.33. The maximum Gasteiger partial charge on any atom is 0.233 e. The number of hydrogen-bond donors (Lipinski definition) is 1. The zero-order valence-corrected chi connectivity index (χ0v) is 14.5. The minimum atomic E-state index is -0.217. The Kier molecular flexibility index (Phi) is 5.11. The van der Waals surface area contributed by atoms with Gasteiger partial charge < -0.3 is 5.32 Å². The molecule has 0 aliphatic rings. The van der Waals surface area contributed by atoms with Crippen LogP contribution in [0.2, 0.25) is 0 Å². The van der Waals surface area contributed by atoms with Crippen LogP contribution in [0.15, 0.2) is 59.6 Å². The van der Waals surface area contributed by atoms with Gasteiger partial charge in [0.2, 0.25) is 5.91 Å². The highest BCUT2D eigenvalue weighted by Gasteiger charge is 2.17. The Hall–Kier alpha value is -2.40. The van der Waals surface area contributed by atoms with Crippen LogP contribution in [0.4, 0.5) is 0 Å². The Morgan fingerprint density at radius 1 is 1.04 bits per heavy atom. The van der Waals surface area contributed by atoms with Gasteiger partial charge in [0, 0.05) is 22.9 Å². The first-order valence-corrected chi connectivity index (χ1v) is 8.84. The number of thioether (sulfide) groups is 1. The van der Waals surface area contributed by atoms with Crippen LogP contribution in [0.1, 0.15) is 13.8 Å². The number of carbonyl (C=O) groups is 1. The third kappa shape index (κ3) is 3.41. The Balaban J connectivity index is 2.02. The lowest BCUT2D eigenvalue weighted by atomic mass is 10.1. The summed E-state index contributed by atoms with van der Waals surface area (Å²) in [5, 5.41) is 14.3. The van der Waals surface area contributed by atoms with Gasteiger partial charge in [0.15, 0.2) is 0 Å². The molecule has 1 heterocycles. The van der Waals surface area contributed by atoms with E-state index in [1.54, 1.807) is 0 Å². The summed E-state index contributed by atoms with van der Waals surface area (Å²) in [5.74, 6) is 0.0144. The summed E-state index contributed by atoms with van der Waals surface area (Å²) in [7, 11) is 0. The van der Waals surface area contributed by atoms with Gasteiger partial charge >= 0.3 is 0 Å². The highest BCUT2D eigenvalue weighted by atomic mass is 32.2. The molecule has 0 aliphatic heterocycles. The standard InChI is InChI=1S/C19H19N3OS/c1-3-20-18(23)13(2)24-19-16-12-8-7-11-15(16)17(21-22-19)14-9-5-4-6-10-14/h4-13H,3H2,1-2H3,(H,20,23)/t13-/m1/s1. The predicted octanol–water partition coefficient (Wildman–Crippen LogP) is 3.91. The van der Waals surface area contributed by atoms with Gasteiger partial charge in [-0.3, -0.25) is 4.79 Å². The van der Waals surface area contributed by atoms with E-state index < -0.39 is 0 Å². The molecule has 1 atom stereocenters. The van der Waals surface area contributed by atoms with Crippen LogP contribution in [-0.4, -0.2) is 27.9 Å². The molecule has 3 rings (SSSR count). The van der Waals surface area contributed by atoms with Crippen molar-refractivity contribution < 1.29 is 4.79 Å². The van der Waals surface area contributed by atoms with Gasteiger partial charge in [-0.15, -0.1) is 10.2 Å². The maximum atomic E-state index is 12.0. The number of rotatable bonds is 5. The van der Waals surface area contributed by atoms with E-state index in [2.05, 4.69) is 15.5 Å². The van der Waals surface area contributed by atoms with E-state index in [4.69, 9.17) is 0 Å². The lowest BCUT2D eigenvalue weighted by molar-refractivity contribution is -0.120. The molecule has 0 saturated heterocycles. The van der Waals surface area contributed by atoms with Crippen molar-refractivity contribution in [2.75, 3.05) is 6.54 Å². The molecular weight excluding hydrogens is 318 g/mol. The molecule has 0 aliphatic carbocycles. The van der Waals surface area contributed by atoms with Crippen molar-refractivity contribution in [3.8, 4) is 11.3 Å². The van der Waals surface area contributed by atoms with Gasteiger partial charge in [0.25, 0.3) is 0 Å². The van der Waals surface area contributed by atoms with E-state index in [-0.39, 0.29) is 11.2 Å². The van der Waals surface area contributed by atoms with Crippen LogP contribution in [0.3, 0.4) is 0 Å². The number of carbonyl (C=O) groups excluding carboxylic acids is 1. The molecule has 2 aromatic carbocycles. The van der Waals surface area contributed by atoms with Crippen LogP contribution in [-0.2, 0) is 4.79 Å². The average molecular weight is 337 g/mol. The fourth-order valence-electron chi connectivity index (χ4n) is 2.51. The fraction of sp³-hybridized carbons (Fsp3) is 0.211. The Morgan fingerprint density at radius 3 is 2.42 bits per heavy atom. The number of nitrogens with zero attached hydrogens (tertiary/aromatic N) is 2. The summed E-state index contributed by atoms with van der Waals surface area (Å²) in [5.41, 5.74) is 1.90. The lowest BCUT2D eigenvalue weighted by Gasteiger charge is -2.13. The molecule has 3 aromatic rings. The van der Waals surface area contributed by atoms with E-state index >= 15 is 0 Å². The minimum Gasteiger partial charge on any atom is -0.355 e. The van der Waals surface area contributed by atoms with Crippen LogP contribution in [0.5, 0.6) is 0 Å². The molecule has 0 unspecified atom stereocenters. The van der Waals surface area contributed by atoms with Gasteiger partial charge in [-0.2, -0.15) is 0 Å². The molecule has 4 nitrogen and oxygen atoms in total. The first kappa shape index (κ1) is 16.5. The zero-order valence-electron chi connectivity index (χ0n) is 13.7. The van der Waals surface area contributed by atoms with Crippen molar-refractivity contribution in [1.29, 1.82) is 0 Å². The van der Waals surface area contributed by atoms with Crippen LogP contribution in [0.25, 0.3) is 22.0 Å². The van der Waals surface area contributed by atoms with E-state index in [0.717, 1.165) is 27.1 Å². The quantitative estimate of drug-likeness (QED) is 0.717. The van der Waals surface area contributed by atoms with E-state index in [1.807, 2.05) is 68.4 Å². The summed E-state index contributed by atoms with van der Waals surface area (Å²) >= 11 is 1.44. The van der Waals surface area contributed by atoms with Gasteiger partial charge in [-0.25, -0.2) is 0 Å². The molecule has 0 saturated carbocycles. The van der Waals surface area contributed by atoms with Gasteiger partial charge in [0.05, 0.1) is 5.25 Å². The normalized spacial score (nSPS) is 12.1. The summed E-state index contributed by atoms with van der Waals surface area (Å²) in [6.45, 7) is 4.43. The lowest BCUT2D eigenvalue weighted by Crippen LogP contribution is -2.30. The average Bonchev–Trinajstić information content (AvgIpc) is 2.63. The molecule has 1 N–H and O–H groups in total. The number of benzene rings is 2.